The molecule has 1 nitrogen and oxygen atoms in total. The minimum Gasteiger partial charge on any atom is -0.378 e. The van der Waals surface area contributed by atoms with Gasteiger partial charge in [0.2, 0.25) is 0 Å². The van der Waals surface area contributed by atoms with Crippen molar-refractivity contribution in [1.82, 2.24) is 0 Å². The smallest absolute Gasteiger partial charge is 0.127 e. The Morgan fingerprint density at radius 2 is 2.00 bits per heavy atom. The molecule has 0 aliphatic carbocycles. The summed E-state index contributed by atoms with van der Waals surface area (Å²) in [6.45, 7) is 0.836. The summed E-state index contributed by atoms with van der Waals surface area (Å²) < 4.78 is 19.8. The van der Waals surface area contributed by atoms with E-state index in [1.165, 1.54) is 6.07 Å². The van der Waals surface area contributed by atoms with Crippen molar-refractivity contribution in [2.45, 2.75) is 30.8 Å². The number of alkyl halides is 2. The summed E-state index contributed by atoms with van der Waals surface area (Å²) >= 11 is 7.12. The van der Waals surface area contributed by atoms with Gasteiger partial charge >= 0.3 is 0 Å². The molecule has 1 atom stereocenters. The Bertz CT molecular complexity index is 387. The molecule has 1 aromatic carbocycles. The molecule has 4 heteroatoms. The molecule has 18 heavy (non-hydrogen) atoms. The Hall–Kier alpha value is 0.0700. The fraction of sp³-hybridized carbons (Fsp3) is 0.571. The summed E-state index contributed by atoms with van der Waals surface area (Å²) in [4.78, 5) is 0. The second kappa shape index (κ2) is 6.49. The quantitative estimate of drug-likeness (QED) is 0.688. The van der Waals surface area contributed by atoms with Gasteiger partial charge < -0.3 is 4.74 Å². The SMILES string of the molecule is Fc1ccccc1C(CBr)(CBr)CC1CCCO1. The maximum absolute atomic E-state index is 14.1. The highest BCUT2D eigenvalue weighted by Gasteiger charge is 2.36. The molecule has 0 spiro atoms. The molecular formula is C14H17Br2FO. The van der Waals surface area contributed by atoms with Crippen LogP contribution in [0, 0.1) is 5.82 Å². The van der Waals surface area contributed by atoms with Crippen molar-refractivity contribution in [2.75, 3.05) is 17.3 Å². The molecule has 0 amide bonds. The lowest BCUT2D eigenvalue weighted by Gasteiger charge is -2.33. The van der Waals surface area contributed by atoms with Crippen LogP contribution in [0.5, 0.6) is 0 Å². The average molecular weight is 380 g/mol. The van der Waals surface area contributed by atoms with Crippen LogP contribution in [0.25, 0.3) is 0 Å². The number of rotatable bonds is 5. The second-order valence-corrected chi connectivity index (χ2v) is 5.99. The largest absolute Gasteiger partial charge is 0.378 e. The van der Waals surface area contributed by atoms with Gasteiger partial charge in [-0.3, -0.25) is 0 Å². The molecule has 2 rings (SSSR count). The Morgan fingerprint density at radius 1 is 1.28 bits per heavy atom. The maximum atomic E-state index is 14.1. The Labute approximate surface area is 124 Å². The molecule has 100 valence electrons. The summed E-state index contributed by atoms with van der Waals surface area (Å²) in [6, 6.07) is 7.05. The maximum Gasteiger partial charge on any atom is 0.127 e. The normalized spacial score (nSPS) is 20.3. The van der Waals surface area contributed by atoms with E-state index in [9.17, 15) is 4.39 Å². The van der Waals surface area contributed by atoms with Gasteiger partial charge in [0.05, 0.1) is 6.10 Å². The zero-order valence-electron chi connectivity index (χ0n) is 10.2. The summed E-state index contributed by atoms with van der Waals surface area (Å²) in [7, 11) is 0. The van der Waals surface area contributed by atoms with Gasteiger partial charge in [0, 0.05) is 22.7 Å². The van der Waals surface area contributed by atoms with Crippen LogP contribution in [0.1, 0.15) is 24.8 Å². The molecule has 1 fully saturated rings. The molecule has 0 bridgehead atoms. The van der Waals surface area contributed by atoms with Gasteiger partial charge in [-0.1, -0.05) is 50.1 Å². The van der Waals surface area contributed by atoms with Gasteiger partial charge in [0.1, 0.15) is 5.82 Å². The van der Waals surface area contributed by atoms with Gasteiger partial charge in [0.15, 0.2) is 0 Å². The van der Waals surface area contributed by atoms with Crippen molar-refractivity contribution in [2.24, 2.45) is 0 Å². The van der Waals surface area contributed by atoms with Crippen LogP contribution in [0.4, 0.5) is 4.39 Å². The van der Waals surface area contributed by atoms with E-state index in [-0.39, 0.29) is 17.3 Å². The van der Waals surface area contributed by atoms with Gasteiger partial charge in [-0.25, -0.2) is 4.39 Å². The minimum atomic E-state index is -0.236. The van der Waals surface area contributed by atoms with Crippen molar-refractivity contribution in [3.05, 3.63) is 35.6 Å². The lowest BCUT2D eigenvalue weighted by molar-refractivity contribution is 0.0887. The second-order valence-electron chi connectivity index (χ2n) is 4.87. The van der Waals surface area contributed by atoms with Crippen molar-refractivity contribution >= 4 is 31.9 Å². The van der Waals surface area contributed by atoms with Crippen LogP contribution in [-0.2, 0) is 10.2 Å². The highest BCUT2D eigenvalue weighted by atomic mass is 79.9. The third-order valence-corrected chi connectivity index (χ3v) is 5.75. The van der Waals surface area contributed by atoms with Crippen LogP contribution in [0.15, 0.2) is 24.3 Å². The monoisotopic (exact) mass is 378 g/mol. The Balaban J connectivity index is 2.27. The van der Waals surface area contributed by atoms with Crippen LogP contribution < -0.4 is 0 Å². The first kappa shape index (κ1) is 14.5. The average Bonchev–Trinajstić information content (AvgIpc) is 2.90. The van der Waals surface area contributed by atoms with Gasteiger partial charge in [-0.2, -0.15) is 0 Å². The molecule has 0 saturated carbocycles. The van der Waals surface area contributed by atoms with Crippen molar-refractivity contribution in [3.8, 4) is 0 Å². The van der Waals surface area contributed by atoms with E-state index in [1.807, 2.05) is 12.1 Å². The standard InChI is InChI=1S/C14H17Br2FO/c15-9-14(10-16,8-11-4-3-7-18-11)12-5-1-2-6-13(12)17/h1-2,5-6,11H,3-4,7-10H2. The van der Waals surface area contributed by atoms with Crippen LogP contribution in [0.3, 0.4) is 0 Å². The van der Waals surface area contributed by atoms with E-state index in [1.54, 1.807) is 6.07 Å². The first-order chi connectivity index (χ1) is 8.72. The predicted molar refractivity (Wildman–Crippen MR) is 79.3 cm³/mol. The lowest BCUT2D eigenvalue weighted by Crippen LogP contribution is -2.35. The van der Waals surface area contributed by atoms with Crippen molar-refractivity contribution in [1.29, 1.82) is 0 Å². The van der Waals surface area contributed by atoms with Crippen LogP contribution >= 0.6 is 31.9 Å². The van der Waals surface area contributed by atoms with Crippen molar-refractivity contribution < 1.29 is 9.13 Å². The van der Waals surface area contributed by atoms with Gasteiger partial charge in [-0.05, 0) is 30.9 Å². The molecule has 1 aliphatic rings. The van der Waals surface area contributed by atoms with E-state index < -0.39 is 0 Å². The first-order valence-electron chi connectivity index (χ1n) is 6.20. The van der Waals surface area contributed by atoms with Gasteiger partial charge in [0.25, 0.3) is 0 Å². The molecular weight excluding hydrogens is 363 g/mol. The number of hydrogen-bond acceptors (Lipinski definition) is 1. The predicted octanol–water partition coefficient (Wildman–Crippen LogP) is 4.42. The molecule has 1 unspecified atom stereocenters. The molecule has 1 saturated heterocycles. The number of benzene rings is 1. The van der Waals surface area contributed by atoms with E-state index in [2.05, 4.69) is 31.9 Å². The molecule has 0 N–H and O–H groups in total. The van der Waals surface area contributed by atoms with E-state index >= 15 is 0 Å². The van der Waals surface area contributed by atoms with Crippen molar-refractivity contribution in [3.63, 3.8) is 0 Å². The summed E-state index contributed by atoms with van der Waals surface area (Å²) in [5.74, 6) is -0.130. The Kier molecular flexibility index (Phi) is 5.22. The third kappa shape index (κ3) is 2.97. The number of ether oxygens (including phenoxy) is 1. The van der Waals surface area contributed by atoms with Crippen LogP contribution in [-0.4, -0.2) is 23.4 Å². The summed E-state index contributed by atoms with van der Waals surface area (Å²) in [5, 5.41) is 1.46. The zero-order valence-corrected chi connectivity index (χ0v) is 13.3. The fourth-order valence-corrected chi connectivity index (χ4v) is 4.52. The molecule has 0 radical (unpaired) electrons. The molecule has 1 aliphatic heterocycles. The molecule has 1 heterocycles. The number of halogens is 3. The first-order valence-corrected chi connectivity index (χ1v) is 8.45. The number of hydrogen-bond donors (Lipinski definition) is 0. The van der Waals surface area contributed by atoms with Crippen LogP contribution in [0.2, 0.25) is 0 Å². The lowest BCUT2D eigenvalue weighted by atomic mass is 9.79. The highest BCUT2D eigenvalue weighted by Crippen LogP contribution is 2.37. The van der Waals surface area contributed by atoms with E-state index in [4.69, 9.17) is 4.74 Å². The topological polar surface area (TPSA) is 9.23 Å². The minimum absolute atomic E-state index is 0.130. The summed E-state index contributed by atoms with van der Waals surface area (Å²) in [5.41, 5.74) is 0.537. The van der Waals surface area contributed by atoms with E-state index in [0.29, 0.717) is 0 Å². The molecule has 1 aromatic rings. The fourth-order valence-electron chi connectivity index (χ4n) is 2.53. The van der Waals surface area contributed by atoms with Gasteiger partial charge in [-0.15, -0.1) is 0 Å². The zero-order chi connectivity index (χ0) is 13.0. The Morgan fingerprint density at radius 3 is 2.56 bits per heavy atom. The summed E-state index contributed by atoms with van der Waals surface area (Å²) in [6.07, 6.45) is 3.29. The third-order valence-electron chi connectivity index (χ3n) is 3.60. The highest BCUT2D eigenvalue weighted by molar-refractivity contribution is 9.09. The molecule has 0 aromatic heterocycles. The van der Waals surface area contributed by atoms with E-state index in [0.717, 1.165) is 42.1 Å².